The summed E-state index contributed by atoms with van der Waals surface area (Å²) in [4.78, 5) is 31.2. The molecule has 0 spiro atoms. The molecule has 0 bridgehead atoms. The number of benzene rings is 1. The van der Waals surface area contributed by atoms with Crippen LogP contribution in [0.2, 0.25) is 0 Å². The van der Waals surface area contributed by atoms with Crippen molar-refractivity contribution < 1.29 is 9.90 Å². The van der Waals surface area contributed by atoms with Gasteiger partial charge in [0, 0.05) is 5.69 Å². The number of aryl methyl sites for hydroxylation is 1. The quantitative estimate of drug-likeness (QED) is 0.900. The van der Waals surface area contributed by atoms with Crippen LogP contribution in [-0.4, -0.2) is 33.4 Å². The van der Waals surface area contributed by atoms with Crippen molar-refractivity contribution in [3.05, 3.63) is 57.1 Å². The van der Waals surface area contributed by atoms with E-state index in [4.69, 9.17) is 5.11 Å². The van der Waals surface area contributed by atoms with Crippen molar-refractivity contribution in [3.8, 4) is 5.69 Å². The number of aliphatic imine (C=N–C) groups is 2. The molecule has 0 aliphatic carbocycles. The van der Waals surface area contributed by atoms with E-state index in [1.807, 2.05) is 0 Å². The lowest BCUT2D eigenvalue weighted by Gasteiger charge is -2.01. The Balaban J connectivity index is 2.04. The van der Waals surface area contributed by atoms with Crippen LogP contribution in [0, 0.1) is 6.92 Å². The van der Waals surface area contributed by atoms with Crippen LogP contribution in [0.1, 0.15) is 21.6 Å². The topological polar surface area (TPSA) is 99.8 Å². The maximum absolute atomic E-state index is 12.5. The summed E-state index contributed by atoms with van der Waals surface area (Å²) >= 11 is 0. The van der Waals surface area contributed by atoms with E-state index in [1.54, 1.807) is 31.3 Å². The highest BCUT2D eigenvalue weighted by molar-refractivity contribution is 5.95. The van der Waals surface area contributed by atoms with Gasteiger partial charge in [-0.2, -0.15) is 0 Å². The summed E-state index contributed by atoms with van der Waals surface area (Å²) in [6.07, 6.45) is 4.64. The van der Waals surface area contributed by atoms with Gasteiger partial charge < -0.3 is 5.11 Å². The normalized spacial score (nSPS) is 14.9. The second-order valence-electron chi connectivity index (χ2n) is 4.74. The van der Waals surface area contributed by atoms with E-state index in [-0.39, 0.29) is 11.1 Å². The van der Waals surface area contributed by atoms with Crippen LogP contribution in [0.3, 0.4) is 0 Å². The van der Waals surface area contributed by atoms with Gasteiger partial charge in [0.15, 0.2) is 0 Å². The van der Waals surface area contributed by atoms with Crippen LogP contribution in [0.15, 0.2) is 44.7 Å². The molecular formula is C15H12N4O3. The average Bonchev–Trinajstić information content (AvgIpc) is 3.11. The Morgan fingerprint density at radius 2 is 2.05 bits per heavy atom. The van der Waals surface area contributed by atoms with Crippen molar-refractivity contribution in [1.29, 1.82) is 0 Å². The number of carboxylic acids is 1. The van der Waals surface area contributed by atoms with Crippen molar-refractivity contribution in [2.24, 2.45) is 9.98 Å². The molecule has 0 saturated heterocycles. The van der Waals surface area contributed by atoms with E-state index in [9.17, 15) is 9.59 Å². The van der Waals surface area contributed by atoms with E-state index < -0.39 is 5.97 Å². The summed E-state index contributed by atoms with van der Waals surface area (Å²) < 4.78 is 1.36. The van der Waals surface area contributed by atoms with E-state index in [0.717, 1.165) is 0 Å². The van der Waals surface area contributed by atoms with Crippen molar-refractivity contribution in [2.45, 2.75) is 6.92 Å². The largest absolute Gasteiger partial charge is 0.478 e. The summed E-state index contributed by atoms with van der Waals surface area (Å²) in [6.45, 7) is 1.78. The molecule has 0 unspecified atom stereocenters. The fraction of sp³-hybridized carbons (Fsp3) is 0.0667. The molecule has 2 aromatic rings. The highest BCUT2D eigenvalue weighted by atomic mass is 16.4. The zero-order valence-electron chi connectivity index (χ0n) is 11.6. The molecule has 0 radical (unpaired) electrons. The van der Waals surface area contributed by atoms with Gasteiger partial charge >= 0.3 is 5.97 Å². The van der Waals surface area contributed by atoms with Gasteiger partial charge in [-0.1, -0.05) is 0 Å². The molecule has 7 nitrogen and oxygen atoms in total. The molecule has 3 rings (SSSR count). The Morgan fingerprint density at radius 3 is 2.64 bits per heavy atom. The molecule has 110 valence electrons. The van der Waals surface area contributed by atoms with Crippen LogP contribution in [0.25, 0.3) is 11.8 Å². The average molecular weight is 296 g/mol. The van der Waals surface area contributed by atoms with Gasteiger partial charge in [0.1, 0.15) is 6.34 Å². The first-order chi connectivity index (χ1) is 10.6. The Labute approximate surface area is 124 Å². The Morgan fingerprint density at radius 1 is 1.32 bits per heavy atom. The minimum Gasteiger partial charge on any atom is -0.478 e. The number of aromatic amines is 1. The van der Waals surface area contributed by atoms with Gasteiger partial charge in [-0.3, -0.25) is 9.89 Å². The Bertz CT molecular complexity index is 869. The smallest absolute Gasteiger partial charge is 0.335 e. The second kappa shape index (κ2) is 5.28. The Hall–Kier alpha value is -3.22. The fourth-order valence-electron chi connectivity index (χ4n) is 2.13. The minimum absolute atomic E-state index is 0.166. The molecule has 1 aromatic heterocycles. The monoisotopic (exact) mass is 296 g/mol. The predicted octanol–water partition coefficient (Wildman–Crippen LogP) is 1.63. The van der Waals surface area contributed by atoms with Gasteiger partial charge in [0.05, 0.1) is 28.7 Å². The number of H-pyrrole nitrogens is 1. The number of carbonyl (C=O) groups is 1. The van der Waals surface area contributed by atoms with Gasteiger partial charge in [-0.05, 0) is 37.3 Å². The lowest BCUT2D eigenvalue weighted by atomic mass is 10.2. The van der Waals surface area contributed by atoms with Crippen LogP contribution < -0.4 is 5.56 Å². The first-order valence-corrected chi connectivity index (χ1v) is 6.49. The first kappa shape index (κ1) is 13.7. The van der Waals surface area contributed by atoms with Crippen molar-refractivity contribution in [2.75, 3.05) is 0 Å². The molecule has 7 heteroatoms. The molecular weight excluding hydrogens is 284 g/mol. The Kier molecular flexibility index (Phi) is 3.30. The summed E-state index contributed by atoms with van der Waals surface area (Å²) in [5, 5.41) is 11.9. The predicted molar refractivity (Wildman–Crippen MR) is 83.0 cm³/mol. The number of aromatic carboxylic acids is 1. The number of hydrogen-bond acceptors (Lipinski definition) is 4. The van der Waals surface area contributed by atoms with E-state index >= 15 is 0 Å². The molecule has 2 heterocycles. The third kappa shape index (κ3) is 2.39. The summed E-state index contributed by atoms with van der Waals surface area (Å²) in [5.74, 6) is -1.01. The van der Waals surface area contributed by atoms with E-state index in [1.165, 1.54) is 23.2 Å². The third-order valence-corrected chi connectivity index (χ3v) is 3.26. The van der Waals surface area contributed by atoms with Gasteiger partial charge in [-0.25, -0.2) is 19.5 Å². The molecule has 0 atom stereocenters. The van der Waals surface area contributed by atoms with Gasteiger partial charge in [0.25, 0.3) is 5.56 Å². The van der Waals surface area contributed by atoms with Crippen molar-refractivity contribution in [3.63, 3.8) is 0 Å². The number of nitrogens with zero attached hydrogens (tertiary/aromatic N) is 3. The fourth-order valence-corrected chi connectivity index (χ4v) is 2.13. The molecule has 22 heavy (non-hydrogen) atoms. The van der Waals surface area contributed by atoms with Crippen LogP contribution in [0.5, 0.6) is 0 Å². The minimum atomic E-state index is -1.01. The summed E-state index contributed by atoms with van der Waals surface area (Å²) in [7, 11) is 0. The van der Waals surface area contributed by atoms with Crippen molar-refractivity contribution in [1.82, 2.24) is 9.78 Å². The summed E-state index contributed by atoms with van der Waals surface area (Å²) in [5.41, 5.74) is 2.28. The number of rotatable bonds is 3. The molecule has 0 amide bonds. The number of hydrogen-bond donors (Lipinski definition) is 2. The molecule has 1 aliphatic heterocycles. The van der Waals surface area contributed by atoms with Crippen LogP contribution >= 0.6 is 0 Å². The van der Waals surface area contributed by atoms with E-state index in [0.29, 0.717) is 22.6 Å². The SMILES string of the molecule is Cc1[nH]n(-c2ccc(C(=O)O)cc2)c(=O)c1/C=C1/C=NC=N1. The maximum atomic E-state index is 12.5. The van der Waals surface area contributed by atoms with Crippen LogP contribution in [0.4, 0.5) is 0 Å². The third-order valence-electron chi connectivity index (χ3n) is 3.26. The standard InChI is InChI=1S/C15H12N4O3/c1-9-13(6-11-7-16-8-17-11)14(20)19(18-9)12-4-2-10(3-5-12)15(21)22/h2-8,18H,1H3,(H,21,22)/b11-6-. The maximum Gasteiger partial charge on any atom is 0.335 e. The zero-order valence-corrected chi connectivity index (χ0v) is 11.6. The summed E-state index contributed by atoms with van der Waals surface area (Å²) in [6, 6.07) is 6.05. The molecule has 1 aliphatic rings. The zero-order chi connectivity index (χ0) is 15.7. The van der Waals surface area contributed by atoms with Crippen molar-refractivity contribution >= 4 is 24.6 Å². The molecule has 0 saturated carbocycles. The molecule has 0 fully saturated rings. The number of carboxylic acid groups (broad SMARTS) is 1. The van der Waals surface area contributed by atoms with Gasteiger partial charge in [-0.15, -0.1) is 0 Å². The van der Waals surface area contributed by atoms with Gasteiger partial charge in [0.2, 0.25) is 0 Å². The number of nitrogens with one attached hydrogen (secondary N) is 1. The van der Waals surface area contributed by atoms with Crippen LogP contribution in [-0.2, 0) is 0 Å². The number of allylic oxidation sites excluding steroid dienone is 1. The second-order valence-corrected chi connectivity index (χ2v) is 4.74. The lowest BCUT2D eigenvalue weighted by Crippen LogP contribution is -2.16. The lowest BCUT2D eigenvalue weighted by molar-refractivity contribution is 0.0697. The molecule has 2 N–H and O–H groups in total. The first-order valence-electron chi connectivity index (χ1n) is 6.49. The highest BCUT2D eigenvalue weighted by Gasteiger charge is 2.12. The van der Waals surface area contributed by atoms with E-state index in [2.05, 4.69) is 15.1 Å². The number of aromatic nitrogens is 2. The highest BCUT2D eigenvalue weighted by Crippen LogP contribution is 2.12. The molecule has 1 aromatic carbocycles.